The van der Waals surface area contributed by atoms with Crippen LogP contribution < -0.4 is 4.74 Å². The van der Waals surface area contributed by atoms with Gasteiger partial charge in [0, 0.05) is 10.6 Å². The zero-order valence-corrected chi connectivity index (χ0v) is 19.7. The number of aliphatic carboxylic acids is 1. The van der Waals surface area contributed by atoms with E-state index in [1.54, 1.807) is 18.2 Å². The Bertz CT molecular complexity index is 1180. The summed E-state index contributed by atoms with van der Waals surface area (Å²) in [5.74, 6) is -0.661. The minimum absolute atomic E-state index is 0.189. The number of carboxylic acid groups (broad SMARTS) is 1. The van der Waals surface area contributed by atoms with Crippen molar-refractivity contribution in [2.24, 2.45) is 0 Å². The van der Waals surface area contributed by atoms with E-state index in [2.05, 4.69) is 0 Å². The summed E-state index contributed by atoms with van der Waals surface area (Å²) in [6.07, 6.45) is -7.35. The van der Waals surface area contributed by atoms with Gasteiger partial charge in [-0.05, 0) is 59.2 Å². The Kier molecular flexibility index (Phi) is 8.63. The monoisotopic (exact) mass is 546 g/mol. The number of hydrogen-bond donors (Lipinski definition) is 1. The van der Waals surface area contributed by atoms with Crippen LogP contribution in [-0.2, 0) is 17.1 Å². The molecular formula is C25H17ClF6O3S. The molecule has 0 amide bonds. The predicted molar refractivity (Wildman–Crippen MR) is 125 cm³/mol. The first-order valence-corrected chi connectivity index (χ1v) is 11.5. The van der Waals surface area contributed by atoms with Gasteiger partial charge >= 0.3 is 18.3 Å². The fourth-order valence-corrected chi connectivity index (χ4v) is 4.24. The van der Waals surface area contributed by atoms with Crippen molar-refractivity contribution in [3.05, 3.63) is 100 Å². The Morgan fingerprint density at radius 1 is 0.861 bits per heavy atom. The molecule has 3 nitrogen and oxygen atoms in total. The molecule has 190 valence electrons. The van der Waals surface area contributed by atoms with E-state index >= 15 is 0 Å². The molecule has 0 saturated carbocycles. The summed E-state index contributed by atoms with van der Waals surface area (Å²) in [7, 11) is 0. The largest absolute Gasteiger partial charge is 0.480 e. The second-order valence-corrected chi connectivity index (χ2v) is 8.85. The second-order valence-electron chi connectivity index (χ2n) is 7.35. The quantitative estimate of drug-likeness (QED) is 0.229. The Morgan fingerprint density at radius 2 is 1.36 bits per heavy atom. The van der Waals surface area contributed by atoms with Crippen LogP contribution in [0.5, 0.6) is 5.75 Å². The van der Waals surface area contributed by atoms with Crippen molar-refractivity contribution in [2.45, 2.75) is 17.2 Å². The second kappa shape index (κ2) is 11.3. The summed E-state index contributed by atoms with van der Waals surface area (Å²) < 4.78 is 82.9. The predicted octanol–water partition coefficient (Wildman–Crippen LogP) is 8.07. The molecule has 3 aromatic rings. The lowest BCUT2D eigenvalue weighted by molar-refractivity contribution is -0.139. The van der Waals surface area contributed by atoms with E-state index in [9.17, 15) is 31.1 Å². The van der Waals surface area contributed by atoms with E-state index < -0.39 is 36.1 Å². The van der Waals surface area contributed by atoms with Crippen LogP contribution in [0.1, 0.15) is 22.3 Å². The van der Waals surface area contributed by atoms with Gasteiger partial charge in [-0.15, -0.1) is 11.8 Å². The molecule has 36 heavy (non-hydrogen) atoms. The standard InChI is InChI=1S/C25H17ClF6O3S/c26-21-13-19(9-10-22(21)35-14-23(33)34)36-12-11-20(15-1-5-17(6-2-15)24(27,28)29)16-3-7-18(8-4-16)25(30,31)32/h1-11,13H,12,14H2,(H,33,34). The highest BCUT2D eigenvalue weighted by Gasteiger charge is 2.31. The number of benzene rings is 3. The van der Waals surface area contributed by atoms with Crippen molar-refractivity contribution in [1.29, 1.82) is 0 Å². The highest BCUT2D eigenvalue weighted by atomic mass is 35.5. The van der Waals surface area contributed by atoms with E-state index in [1.807, 2.05) is 0 Å². The number of rotatable bonds is 8. The van der Waals surface area contributed by atoms with Gasteiger partial charge in [0.2, 0.25) is 0 Å². The van der Waals surface area contributed by atoms with Crippen molar-refractivity contribution in [1.82, 2.24) is 0 Å². The van der Waals surface area contributed by atoms with E-state index in [0.717, 1.165) is 24.3 Å². The van der Waals surface area contributed by atoms with Crippen LogP contribution >= 0.6 is 23.4 Å². The molecule has 0 radical (unpaired) electrons. The van der Waals surface area contributed by atoms with Gasteiger partial charge in [-0.3, -0.25) is 0 Å². The molecule has 0 aliphatic rings. The van der Waals surface area contributed by atoms with Crippen LogP contribution in [0.4, 0.5) is 26.3 Å². The van der Waals surface area contributed by atoms with Crippen molar-refractivity contribution in [3.63, 3.8) is 0 Å². The van der Waals surface area contributed by atoms with Crippen LogP contribution in [-0.4, -0.2) is 23.4 Å². The molecule has 0 bridgehead atoms. The fraction of sp³-hybridized carbons (Fsp3) is 0.160. The molecule has 0 heterocycles. The van der Waals surface area contributed by atoms with Crippen LogP contribution in [0.2, 0.25) is 5.02 Å². The van der Waals surface area contributed by atoms with Gasteiger partial charge in [0.1, 0.15) is 5.75 Å². The topological polar surface area (TPSA) is 46.5 Å². The average molecular weight is 547 g/mol. The smallest absolute Gasteiger partial charge is 0.416 e. The van der Waals surface area contributed by atoms with Gasteiger partial charge in [0.15, 0.2) is 6.61 Å². The third-order valence-corrected chi connectivity index (χ3v) is 6.05. The van der Waals surface area contributed by atoms with Crippen LogP contribution in [0.3, 0.4) is 0 Å². The number of thioether (sulfide) groups is 1. The third kappa shape index (κ3) is 7.44. The molecule has 3 rings (SSSR count). The number of carboxylic acids is 1. The zero-order chi connectivity index (χ0) is 26.5. The van der Waals surface area contributed by atoms with E-state index in [0.29, 0.717) is 27.3 Å². The summed E-state index contributed by atoms with van der Waals surface area (Å²) in [6.45, 7) is -0.557. The Hall–Kier alpha value is -3.11. The van der Waals surface area contributed by atoms with Crippen molar-refractivity contribution < 1.29 is 41.0 Å². The maximum Gasteiger partial charge on any atom is 0.416 e. The first-order valence-electron chi connectivity index (χ1n) is 10.2. The summed E-state index contributed by atoms with van der Waals surface area (Å²) in [5.41, 5.74) is -0.422. The van der Waals surface area contributed by atoms with Crippen LogP contribution in [0.15, 0.2) is 77.7 Å². The summed E-state index contributed by atoms with van der Waals surface area (Å²) >= 11 is 7.43. The number of ether oxygens (including phenoxy) is 1. The van der Waals surface area contributed by atoms with Gasteiger partial charge in [0.25, 0.3) is 0 Å². The van der Waals surface area contributed by atoms with Crippen molar-refractivity contribution in [3.8, 4) is 5.75 Å². The molecule has 3 aromatic carbocycles. The van der Waals surface area contributed by atoms with Crippen LogP contribution in [0.25, 0.3) is 5.57 Å². The molecule has 0 spiro atoms. The SMILES string of the molecule is O=C(O)COc1ccc(SCC=C(c2ccc(C(F)(F)F)cc2)c2ccc(C(F)(F)F)cc2)cc1Cl. The maximum absolute atomic E-state index is 13.0. The lowest BCUT2D eigenvalue weighted by Gasteiger charge is -2.13. The fourth-order valence-electron chi connectivity index (χ4n) is 3.13. The van der Waals surface area contributed by atoms with Crippen molar-refractivity contribution in [2.75, 3.05) is 12.4 Å². The third-order valence-electron chi connectivity index (χ3n) is 4.84. The zero-order valence-electron chi connectivity index (χ0n) is 18.2. The summed E-state index contributed by atoms with van der Waals surface area (Å²) in [6, 6.07) is 13.4. The highest BCUT2D eigenvalue weighted by Crippen LogP contribution is 2.35. The average Bonchev–Trinajstić information content (AvgIpc) is 2.80. The number of alkyl halides is 6. The molecule has 1 N–H and O–H groups in total. The first kappa shape index (κ1) is 27.5. The lowest BCUT2D eigenvalue weighted by atomic mass is 9.96. The van der Waals surface area contributed by atoms with Gasteiger partial charge in [0.05, 0.1) is 16.1 Å². The summed E-state index contributed by atoms with van der Waals surface area (Å²) in [4.78, 5) is 11.3. The maximum atomic E-state index is 13.0. The van der Waals surface area contributed by atoms with Crippen molar-refractivity contribution >= 4 is 34.9 Å². The normalized spacial score (nSPS) is 11.8. The van der Waals surface area contributed by atoms with E-state index in [1.165, 1.54) is 42.1 Å². The molecule has 0 aliphatic carbocycles. The van der Waals surface area contributed by atoms with Crippen LogP contribution in [0, 0.1) is 0 Å². The molecule has 0 saturated heterocycles. The minimum Gasteiger partial charge on any atom is -0.480 e. The van der Waals surface area contributed by atoms with E-state index in [-0.39, 0.29) is 10.8 Å². The highest BCUT2D eigenvalue weighted by molar-refractivity contribution is 7.99. The Balaban J connectivity index is 1.86. The molecule has 0 unspecified atom stereocenters. The first-order chi connectivity index (χ1) is 16.8. The van der Waals surface area contributed by atoms with Gasteiger partial charge in [-0.2, -0.15) is 26.3 Å². The van der Waals surface area contributed by atoms with Gasteiger partial charge < -0.3 is 9.84 Å². The molecule has 0 fully saturated rings. The summed E-state index contributed by atoms with van der Waals surface area (Å²) in [5, 5.41) is 8.89. The molecule has 0 atom stereocenters. The minimum atomic E-state index is -4.52. The molecule has 0 aliphatic heterocycles. The molecule has 11 heteroatoms. The Morgan fingerprint density at radius 3 is 1.78 bits per heavy atom. The van der Waals surface area contributed by atoms with E-state index in [4.69, 9.17) is 21.4 Å². The Labute approximate surface area is 211 Å². The lowest BCUT2D eigenvalue weighted by Crippen LogP contribution is -2.09. The van der Waals surface area contributed by atoms with Gasteiger partial charge in [-0.1, -0.05) is 41.9 Å². The number of carbonyl (C=O) groups is 1. The number of hydrogen-bond acceptors (Lipinski definition) is 3. The molecular weight excluding hydrogens is 530 g/mol. The van der Waals surface area contributed by atoms with Gasteiger partial charge in [-0.25, -0.2) is 4.79 Å². The number of halogens is 7. The molecule has 0 aromatic heterocycles.